The van der Waals surface area contributed by atoms with Crippen LogP contribution in [0.15, 0.2) is 18.6 Å². The van der Waals surface area contributed by atoms with E-state index >= 15 is 0 Å². The molecule has 3 N–H and O–H groups in total. The highest BCUT2D eigenvalue weighted by atomic mass is 32.1. The molecule has 2 saturated heterocycles. The van der Waals surface area contributed by atoms with Crippen LogP contribution in [0.2, 0.25) is 0 Å². The summed E-state index contributed by atoms with van der Waals surface area (Å²) < 4.78 is 0. The maximum Gasteiger partial charge on any atom is 0.273 e. The predicted octanol–water partition coefficient (Wildman–Crippen LogP) is 1.48. The number of H-pyrrole nitrogens is 1. The lowest BCUT2D eigenvalue weighted by Gasteiger charge is -2.41. The minimum absolute atomic E-state index is 0.0470. The smallest absolute Gasteiger partial charge is 0.273 e. The monoisotopic (exact) mass is 452 g/mol. The highest BCUT2D eigenvalue weighted by molar-refractivity contribution is 7.15. The Morgan fingerprint density at radius 2 is 1.78 bits per heavy atom. The molecule has 10 nitrogen and oxygen atoms in total. The van der Waals surface area contributed by atoms with Crippen molar-refractivity contribution in [2.45, 2.75) is 32.1 Å². The van der Waals surface area contributed by atoms with E-state index in [1.807, 2.05) is 15.9 Å². The molecule has 2 atom stereocenters. The second-order valence-electron chi connectivity index (χ2n) is 9.35. The maximum absolute atomic E-state index is 13.5. The van der Waals surface area contributed by atoms with Gasteiger partial charge in [0.05, 0.1) is 11.8 Å². The van der Waals surface area contributed by atoms with Gasteiger partial charge >= 0.3 is 0 Å². The molecule has 2 aliphatic heterocycles. The topological polar surface area (TPSA) is 134 Å². The molecule has 166 valence electrons. The van der Waals surface area contributed by atoms with Crippen molar-refractivity contribution in [3.05, 3.63) is 29.3 Å². The van der Waals surface area contributed by atoms with Gasteiger partial charge in [-0.05, 0) is 18.9 Å². The molecule has 11 heteroatoms. The lowest BCUT2D eigenvalue weighted by Crippen LogP contribution is -2.42. The first-order valence-electron chi connectivity index (χ1n) is 10.9. The molecule has 0 aromatic carbocycles. The van der Waals surface area contributed by atoms with Crippen molar-refractivity contribution in [2.75, 3.05) is 31.9 Å². The third kappa shape index (κ3) is 2.83. The molecule has 2 amide bonds. The summed E-state index contributed by atoms with van der Waals surface area (Å²) in [6, 6.07) is 1.85. The van der Waals surface area contributed by atoms with E-state index in [4.69, 9.17) is 5.73 Å². The molecular weight excluding hydrogens is 428 g/mol. The molecule has 1 aliphatic carbocycles. The zero-order valence-electron chi connectivity index (χ0n) is 17.6. The van der Waals surface area contributed by atoms with Gasteiger partial charge in [0.2, 0.25) is 11.0 Å². The number of nitrogens with zero attached hydrogens (tertiary/aromatic N) is 6. The van der Waals surface area contributed by atoms with Crippen LogP contribution in [-0.2, 0) is 11.2 Å². The molecule has 32 heavy (non-hydrogen) atoms. The Labute approximate surface area is 188 Å². The van der Waals surface area contributed by atoms with Gasteiger partial charge in [-0.3, -0.25) is 9.59 Å². The summed E-state index contributed by atoms with van der Waals surface area (Å²) in [6.07, 6.45) is 7.79. The number of hydrogen-bond donors (Lipinski definition) is 2. The van der Waals surface area contributed by atoms with Crippen LogP contribution in [0.3, 0.4) is 0 Å². The van der Waals surface area contributed by atoms with Crippen molar-refractivity contribution in [1.82, 2.24) is 34.9 Å². The maximum atomic E-state index is 13.5. The number of likely N-dealkylation sites (tertiary alicyclic amines) is 2. The summed E-state index contributed by atoms with van der Waals surface area (Å²) in [6.45, 7) is 2.70. The van der Waals surface area contributed by atoms with Gasteiger partial charge in [0.15, 0.2) is 0 Å². The second kappa shape index (κ2) is 6.96. The average molecular weight is 453 g/mol. The molecule has 0 spiro atoms. The third-order valence-corrected chi connectivity index (χ3v) is 8.39. The van der Waals surface area contributed by atoms with E-state index in [2.05, 4.69) is 25.1 Å². The largest absolute Gasteiger partial charge is 0.374 e. The Balaban J connectivity index is 1.25. The molecule has 3 aromatic rings. The molecule has 2 unspecified atom stereocenters. The number of nitrogens with one attached hydrogen (secondary N) is 1. The quantitative estimate of drug-likeness (QED) is 0.615. The normalized spacial score (nSPS) is 27.0. The SMILES string of the molecule is Nc1nnc(CC(=O)N2CC34CCCCC3(C2)CN(C(=O)c2ncnc3[nH]ccc23)C4)s1. The summed E-state index contributed by atoms with van der Waals surface area (Å²) in [5, 5.41) is 9.61. The number of aromatic amines is 1. The minimum Gasteiger partial charge on any atom is -0.374 e. The second-order valence-corrected chi connectivity index (χ2v) is 10.4. The van der Waals surface area contributed by atoms with Gasteiger partial charge in [0.1, 0.15) is 22.7 Å². The Morgan fingerprint density at radius 1 is 1.06 bits per heavy atom. The number of amides is 2. The van der Waals surface area contributed by atoms with E-state index in [1.165, 1.54) is 17.7 Å². The zero-order chi connectivity index (χ0) is 21.9. The number of carbonyl (C=O) groups is 2. The van der Waals surface area contributed by atoms with Crippen molar-refractivity contribution >= 4 is 39.3 Å². The minimum atomic E-state index is -0.0545. The van der Waals surface area contributed by atoms with Gasteiger partial charge in [-0.1, -0.05) is 24.2 Å². The number of aromatic nitrogens is 5. The highest BCUT2D eigenvalue weighted by Gasteiger charge is 2.64. The first kappa shape index (κ1) is 19.6. The van der Waals surface area contributed by atoms with Gasteiger partial charge in [0.25, 0.3) is 5.91 Å². The summed E-state index contributed by atoms with van der Waals surface area (Å²) in [5.41, 5.74) is 6.68. The Hall–Kier alpha value is -3.08. The number of fused-ring (bicyclic) bond motifs is 1. The summed E-state index contributed by atoms with van der Waals surface area (Å²) in [7, 11) is 0. The average Bonchev–Trinajstić information content (AvgIpc) is 3.53. The number of anilines is 1. The highest BCUT2D eigenvalue weighted by Crippen LogP contribution is 2.60. The van der Waals surface area contributed by atoms with Crippen molar-refractivity contribution in [3.8, 4) is 0 Å². The van der Waals surface area contributed by atoms with Gasteiger partial charge in [-0.25, -0.2) is 9.97 Å². The molecule has 3 aliphatic rings. The van der Waals surface area contributed by atoms with Crippen LogP contribution in [0.25, 0.3) is 11.0 Å². The van der Waals surface area contributed by atoms with E-state index in [1.54, 1.807) is 6.20 Å². The third-order valence-electron chi connectivity index (χ3n) is 7.64. The Bertz CT molecular complexity index is 1200. The van der Waals surface area contributed by atoms with Crippen molar-refractivity contribution < 1.29 is 9.59 Å². The van der Waals surface area contributed by atoms with Crippen molar-refractivity contribution in [1.29, 1.82) is 0 Å². The van der Waals surface area contributed by atoms with E-state index in [0.29, 0.717) is 47.7 Å². The van der Waals surface area contributed by atoms with Crippen LogP contribution in [0, 0.1) is 10.8 Å². The molecule has 6 rings (SSSR count). The number of rotatable bonds is 3. The van der Waals surface area contributed by atoms with Crippen LogP contribution in [0.5, 0.6) is 0 Å². The predicted molar refractivity (Wildman–Crippen MR) is 118 cm³/mol. The van der Waals surface area contributed by atoms with Gasteiger partial charge in [0, 0.05) is 43.2 Å². The number of nitrogen functional groups attached to an aromatic ring is 1. The zero-order valence-corrected chi connectivity index (χ0v) is 18.4. The molecule has 3 fully saturated rings. The van der Waals surface area contributed by atoms with Gasteiger partial charge in [-0.2, -0.15) is 0 Å². The lowest BCUT2D eigenvalue weighted by molar-refractivity contribution is -0.130. The first-order chi connectivity index (χ1) is 15.5. The van der Waals surface area contributed by atoms with E-state index in [9.17, 15) is 9.59 Å². The number of nitrogens with two attached hydrogens (primary N) is 1. The molecule has 3 aromatic heterocycles. The Morgan fingerprint density at radius 3 is 2.47 bits per heavy atom. The lowest BCUT2D eigenvalue weighted by atomic mass is 9.60. The van der Waals surface area contributed by atoms with Crippen molar-refractivity contribution in [2.24, 2.45) is 10.8 Å². The fraction of sp³-hybridized carbons (Fsp3) is 0.524. The van der Waals surface area contributed by atoms with E-state index in [-0.39, 0.29) is 29.1 Å². The molecular formula is C21H24N8O2S. The fourth-order valence-corrected chi connectivity index (χ4v) is 6.81. The van der Waals surface area contributed by atoms with Crippen LogP contribution in [0.4, 0.5) is 5.13 Å². The molecule has 5 heterocycles. The summed E-state index contributed by atoms with van der Waals surface area (Å²) >= 11 is 1.26. The molecule has 1 saturated carbocycles. The van der Waals surface area contributed by atoms with E-state index < -0.39 is 0 Å². The van der Waals surface area contributed by atoms with Crippen LogP contribution in [-0.4, -0.2) is 72.9 Å². The number of hydrogen-bond acceptors (Lipinski definition) is 8. The van der Waals surface area contributed by atoms with Crippen LogP contribution >= 0.6 is 11.3 Å². The molecule has 0 bridgehead atoms. The van der Waals surface area contributed by atoms with Gasteiger partial charge in [-0.15, -0.1) is 10.2 Å². The Kier molecular flexibility index (Phi) is 4.26. The van der Waals surface area contributed by atoms with Gasteiger partial charge < -0.3 is 20.5 Å². The van der Waals surface area contributed by atoms with E-state index in [0.717, 1.165) is 31.1 Å². The molecule has 0 radical (unpaired) electrons. The first-order valence-corrected chi connectivity index (χ1v) is 11.7. The van der Waals surface area contributed by atoms with Crippen molar-refractivity contribution in [3.63, 3.8) is 0 Å². The van der Waals surface area contributed by atoms with Crippen LogP contribution in [0.1, 0.15) is 41.2 Å². The van der Waals surface area contributed by atoms with Crippen LogP contribution < -0.4 is 5.73 Å². The number of carbonyl (C=O) groups excluding carboxylic acids is 2. The standard InChI is InChI=1S/C21H24N8O2S/c22-19-27-26-14(32-19)7-15(30)28-8-20-4-1-2-5-21(20,9-28)11-29(10-20)18(31)16-13-3-6-23-17(13)25-12-24-16/h3,6,12H,1-2,4-5,7-11H2,(H2,22,27)(H,23,24,25). The fourth-order valence-electron chi connectivity index (χ4n) is 6.21. The summed E-state index contributed by atoms with van der Waals surface area (Å²) in [5.74, 6) is 0.0215. The summed E-state index contributed by atoms with van der Waals surface area (Å²) in [4.78, 5) is 42.1.